The van der Waals surface area contributed by atoms with Crippen molar-refractivity contribution in [3.8, 4) is 5.75 Å². The lowest BCUT2D eigenvalue weighted by Crippen LogP contribution is -2.28. The Morgan fingerprint density at radius 3 is 2.23 bits per heavy atom. The minimum Gasteiger partial charge on any atom is -0.490 e. The number of anilines is 1. The smallest absolute Gasteiger partial charge is 0.335 e. The number of thiocarbonyl (C=S) groups is 1. The molecule has 152 valence electrons. The predicted molar refractivity (Wildman–Crippen MR) is 118 cm³/mol. The van der Waals surface area contributed by atoms with E-state index in [4.69, 9.17) is 17.0 Å². The second-order valence-electron chi connectivity index (χ2n) is 6.06. The quantitative estimate of drug-likeness (QED) is 0.377. The van der Waals surface area contributed by atoms with E-state index in [1.54, 1.807) is 36.4 Å². The van der Waals surface area contributed by atoms with Gasteiger partial charge in [0.05, 0.1) is 21.7 Å². The van der Waals surface area contributed by atoms with Crippen molar-refractivity contribution in [2.24, 2.45) is 0 Å². The fourth-order valence-corrected chi connectivity index (χ4v) is 3.94. The van der Waals surface area contributed by atoms with Gasteiger partial charge in [0.2, 0.25) is 0 Å². The van der Waals surface area contributed by atoms with Gasteiger partial charge in [-0.2, -0.15) is 0 Å². The van der Waals surface area contributed by atoms with E-state index < -0.39 is 17.8 Å². The van der Waals surface area contributed by atoms with Gasteiger partial charge in [-0.05, 0) is 42.0 Å². The van der Waals surface area contributed by atoms with Crippen molar-refractivity contribution < 1.29 is 29.3 Å². The van der Waals surface area contributed by atoms with Gasteiger partial charge in [-0.25, -0.2) is 9.59 Å². The zero-order chi connectivity index (χ0) is 21.8. The number of hydrogen-bond donors (Lipinski definition) is 2. The third-order valence-electron chi connectivity index (χ3n) is 4.01. The molecule has 9 heteroatoms. The fraction of sp³-hybridized carbons (Fsp3) is 0.0476. The molecule has 2 N–H and O–H groups in total. The number of amides is 1. The number of aromatic carboxylic acids is 2. The van der Waals surface area contributed by atoms with Crippen LogP contribution in [0.15, 0.2) is 60.0 Å². The average molecular weight is 441 g/mol. The fourth-order valence-electron chi connectivity index (χ4n) is 2.64. The van der Waals surface area contributed by atoms with Gasteiger partial charge in [0.1, 0.15) is 12.4 Å². The Morgan fingerprint density at radius 1 is 1.10 bits per heavy atom. The Bertz CT molecular complexity index is 1060. The summed E-state index contributed by atoms with van der Waals surface area (Å²) < 4.78 is 5.60. The minimum absolute atomic E-state index is 0.0892. The highest BCUT2D eigenvalue weighted by Crippen LogP contribution is 2.37. The van der Waals surface area contributed by atoms with E-state index in [1.165, 1.54) is 12.1 Å². The summed E-state index contributed by atoms with van der Waals surface area (Å²) in [4.78, 5) is 37.1. The third-order valence-corrected chi connectivity index (χ3v) is 5.31. The van der Waals surface area contributed by atoms with Crippen molar-refractivity contribution in [2.75, 3.05) is 11.5 Å². The van der Waals surface area contributed by atoms with Gasteiger partial charge in [0.15, 0.2) is 4.32 Å². The maximum atomic E-state index is 12.9. The van der Waals surface area contributed by atoms with Crippen LogP contribution in [-0.2, 0) is 4.79 Å². The van der Waals surface area contributed by atoms with Gasteiger partial charge in [-0.15, -0.1) is 0 Å². The van der Waals surface area contributed by atoms with Crippen molar-refractivity contribution in [1.29, 1.82) is 0 Å². The molecule has 1 aliphatic heterocycles. The first-order chi connectivity index (χ1) is 14.3. The van der Waals surface area contributed by atoms with Gasteiger partial charge in [0, 0.05) is 0 Å². The molecule has 1 fully saturated rings. The standard InChI is InChI=1S/C21H15NO6S2/c1-2-7-28-16-5-3-12(4-6-16)8-17-18(23)22(21(29)30-17)15-10-13(19(24)25)9-14(11-15)20(26)27/h2-6,8-11H,1,7H2,(H,24,25)(H,26,27)/b17-8-. The zero-order valence-electron chi connectivity index (χ0n) is 15.4. The number of nitrogens with zero attached hydrogens (tertiary/aromatic N) is 1. The second kappa shape index (κ2) is 8.93. The summed E-state index contributed by atoms with van der Waals surface area (Å²) in [6.45, 7) is 3.96. The SMILES string of the molecule is C=CCOc1ccc(/C=C2\SC(=S)N(c3cc(C(=O)O)cc(C(=O)O)c3)C2=O)cc1. The average Bonchev–Trinajstić information content (AvgIpc) is 3.00. The molecular weight excluding hydrogens is 426 g/mol. The molecule has 1 aliphatic rings. The third kappa shape index (κ3) is 4.58. The molecule has 2 aromatic carbocycles. The molecule has 7 nitrogen and oxygen atoms in total. The summed E-state index contributed by atoms with van der Waals surface area (Å²) in [6, 6.07) is 10.5. The van der Waals surface area contributed by atoms with E-state index >= 15 is 0 Å². The van der Waals surface area contributed by atoms with Crippen LogP contribution in [0.25, 0.3) is 6.08 Å². The number of carbonyl (C=O) groups excluding carboxylic acids is 1. The van der Waals surface area contributed by atoms with E-state index in [9.17, 15) is 24.6 Å². The minimum atomic E-state index is -1.31. The van der Waals surface area contributed by atoms with E-state index in [0.29, 0.717) is 17.3 Å². The van der Waals surface area contributed by atoms with Crippen LogP contribution in [0.4, 0.5) is 5.69 Å². The molecule has 0 aromatic heterocycles. The van der Waals surface area contributed by atoms with Gasteiger partial charge in [0.25, 0.3) is 5.91 Å². The van der Waals surface area contributed by atoms with Gasteiger partial charge in [-0.3, -0.25) is 9.69 Å². The largest absolute Gasteiger partial charge is 0.490 e. The number of benzene rings is 2. The molecule has 0 atom stereocenters. The number of hydrogen-bond acceptors (Lipinski definition) is 6. The monoisotopic (exact) mass is 441 g/mol. The molecule has 0 saturated carbocycles. The highest BCUT2D eigenvalue weighted by Gasteiger charge is 2.34. The van der Waals surface area contributed by atoms with Crippen LogP contribution in [0.1, 0.15) is 26.3 Å². The Labute approximate surface area is 181 Å². The number of rotatable bonds is 7. The van der Waals surface area contributed by atoms with Crippen LogP contribution in [0, 0.1) is 0 Å². The second-order valence-corrected chi connectivity index (χ2v) is 7.74. The number of carboxylic acids is 2. The van der Waals surface area contributed by atoms with E-state index in [0.717, 1.165) is 28.3 Å². The first kappa shape index (κ1) is 21.3. The molecule has 1 saturated heterocycles. The number of thioether (sulfide) groups is 1. The van der Waals surface area contributed by atoms with Crippen LogP contribution in [0.3, 0.4) is 0 Å². The Kier molecular flexibility index (Phi) is 6.34. The molecule has 2 aromatic rings. The summed E-state index contributed by atoms with van der Waals surface area (Å²) in [5.74, 6) is -2.42. The molecule has 3 rings (SSSR count). The number of carboxylic acid groups (broad SMARTS) is 2. The summed E-state index contributed by atoms with van der Waals surface area (Å²) in [6.07, 6.45) is 3.28. The summed E-state index contributed by atoms with van der Waals surface area (Å²) in [5, 5.41) is 18.5. The van der Waals surface area contributed by atoms with Gasteiger partial charge in [-0.1, -0.05) is 48.8 Å². The normalized spacial score (nSPS) is 14.8. The van der Waals surface area contributed by atoms with Gasteiger partial charge >= 0.3 is 11.9 Å². The molecule has 0 radical (unpaired) electrons. The molecule has 0 aliphatic carbocycles. The highest BCUT2D eigenvalue weighted by atomic mass is 32.2. The summed E-state index contributed by atoms with van der Waals surface area (Å²) in [7, 11) is 0. The first-order valence-electron chi connectivity index (χ1n) is 8.53. The molecule has 0 unspecified atom stereocenters. The molecule has 0 bridgehead atoms. The lowest BCUT2D eigenvalue weighted by molar-refractivity contribution is -0.113. The first-order valence-corrected chi connectivity index (χ1v) is 9.76. The Morgan fingerprint density at radius 2 is 1.70 bits per heavy atom. The van der Waals surface area contributed by atoms with Crippen molar-refractivity contribution in [3.05, 3.63) is 76.7 Å². The highest BCUT2D eigenvalue weighted by molar-refractivity contribution is 8.27. The van der Waals surface area contributed by atoms with Gasteiger partial charge < -0.3 is 14.9 Å². The van der Waals surface area contributed by atoms with Crippen molar-refractivity contribution in [3.63, 3.8) is 0 Å². The summed E-state index contributed by atoms with van der Waals surface area (Å²) >= 11 is 6.33. The Balaban J connectivity index is 1.91. The number of ether oxygens (including phenoxy) is 1. The van der Waals surface area contributed by atoms with E-state index in [1.807, 2.05) is 0 Å². The van der Waals surface area contributed by atoms with E-state index in [2.05, 4.69) is 6.58 Å². The van der Waals surface area contributed by atoms with Crippen LogP contribution in [0.2, 0.25) is 0 Å². The van der Waals surface area contributed by atoms with Crippen LogP contribution in [-0.4, -0.2) is 39.0 Å². The maximum absolute atomic E-state index is 12.9. The summed E-state index contributed by atoms with van der Waals surface area (Å²) in [5.41, 5.74) is 0.328. The van der Waals surface area contributed by atoms with Crippen LogP contribution >= 0.6 is 24.0 Å². The molecule has 0 spiro atoms. The maximum Gasteiger partial charge on any atom is 0.335 e. The zero-order valence-corrected chi connectivity index (χ0v) is 17.0. The van der Waals surface area contributed by atoms with Crippen molar-refractivity contribution in [2.45, 2.75) is 0 Å². The van der Waals surface area contributed by atoms with Crippen LogP contribution in [0.5, 0.6) is 5.75 Å². The molecule has 1 amide bonds. The predicted octanol–water partition coefficient (Wildman–Crippen LogP) is 4.05. The van der Waals surface area contributed by atoms with Crippen LogP contribution < -0.4 is 9.64 Å². The topological polar surface area (TPSA) is 104 Å². The van der Waals surface area contributed by atoms with Crippen molar-refractivity contribution in [1.82, 2.24) is 0 Å². The molecular formula is C21H15NO6S2. The molecule has 30 heavy (non-hydrogen) atoms. The lowest BCUT2D eigenvalue weighted by atomic mass is 10.1. The van der Waals surface area contributed by atoms with Crippen molar-refractivity contribution >= 4 is 57.9 Å². The Hall–Kier alpha value is -3.43. The lowest BCUT2D eigenvalue weighted by Gasteiger charge is -2.16. The van der Waals surface area contributed by atoms with E-state index in [-0.39, 0.29) is 21.1 Å². The number of carbonyl (C=O) groups is 3. The molecule has 1 heterocycles.